The molecule has 0 unspecified atom stereocenters. The van der Waals surface area contributed by atoms with Crippen LogP contribution in [0.1, 0.15) is 19.4 Å². The number of hydrogen-bond donors (Lipinski definition) is 2. The van der Waals surface area contributed by atoms with E-state index < -0.39 is 0 Å². The molecule has 84 valence electrons. The number of hydrazine groups is 1. The highest BCUT2D eigenvalue weighted by atomic mass is 35.5. The highest BCUT2D eigenvalue weighted by Crippen LogP contribution is 2.23. The molecule has 1 aromatic rings. The normalized spacial score (nSPS) is 21.2. The lowest BCUT2D eigenvalue weighted by Crippen LogP contribution is -2.38. The van der Waals surface area contributed by atoms with Gasteiger partial charge in [0.15, 0.2) is 0 Å². The van der Waals surface area contributed by atoms with Crippen molar-refractivity contribution in [2.24, 2.45) is 0 Å². The standard InChI is InChI=1S/C12H13ClN2O/c1-12(2)10(11(16)14-15-12)7-8-4-3-5-9(13)6-8/h3-7,15H,1-2H3,(H,14,16)/b10-7+. The summed E-state index contributed by atoms with van der Waals surface area (Å²) in [7, 11) is 0. The lowest BCUT2D eigenvalue weighted by Gasteiger charge is -2.16. The fourth-order valence-corrected chi connectivity index (χ4v) is 1.84. The molecule has 1 aliphatic rings. The van der Waals surface area contributed by atoms with Crippen LogP contribution in [0.3, 0.4) is 0 Å². The fraction of sp³-hybridized carbons (Fsp3) is 0.250. The lowest BCUT2D eigenvalue weighted by molar-refractivity contribution is -0.116. The minimum atomic E-state index is -0.362. The van der Waals surface area contributed by atoms with Crippen molar-refractivity contribution in [1.82, 2.24) is 10.9 Å². The van der Waals surface area contributed by atoms with Crippen molar-refractivity contribution in [2.75, 3.05) is 0 Å². The second kappa shape index (κ2) is 3.92. The molecule has 16 heavy (non-hydrogen) atoms. The molecule has 0 bridgehead atoms. The number of halogens is 1. The van der Waals surface area contributed by atoms with E-state index in [-0.39, 0.29) is 11.4 Å². The van der Waals surface area contributed by atoms with Gasteiger partial charge in [-0.3, -0.25) is 10.2 Å². The van der Waals surface area contributed by atoms with Crippen LogP contribution in [0.5, 0.6) is 0 Å². The molecule has 1 amide bonds. The fourth-order valence-electron chi connectivity index (χ4n) is 1.64. The van der Waals surface area contributed by atoms with E-state index in [1.165, 1.54) is 0 Å². The predicted molar refractivity (Wildman–Crippen MR) is 64.8 cm³/mol. The molecular weight excluding hydrogens is 224 g/mol. The van der Waals surface area contributed by atoms with E-state index in [1.807, 2.05) is 44.2 Å². The highest BCUT2D eigenvalue weighted by molar-refractivity contribution is 6.30. The summed E-state index contributed by atoms with van der Waals surface area (Å²) in [5.74, 6) is -0.0926. The number of hydrogen-bond acceptors (Lipinski definition) is 2. The third-order valence-electron chi connectivity index (χ3n) is 2.57. The minimum Gasteiger partial charge on any atom is -0.287 e. The highest BCUT2D eigenvalue weighted by Gasteiger charge is 2.34. The van der Waals surface area contributed by atoms with E-state index in [9.17, 15) is 4.79 Å². The molecule has 0 aliphatic carbocycles. The van der Waals surface area contributed by atoms with Gasteiger partial charge in [0.2, 0.25) is 0 Å². The maximum atomic E-state index is 11.6. The first-order chi connectivity index (χ1) is 7.49. The van der Waals surface area contributed by atoms with Gasteiger partial charge in [0.1, 0.15) is 0 Å². The Morgan fingerprint density at radius 3 is 2.69 bits per heavy atom. The molecule has 1 fully saturated rings. The van der Waals surface area contributed by atoms with Crippen LogP contribution in [0.2, 0.25) is 5.02 Å². The zero-order chi connectivity index (χ0) is 11.8. The number of benzene rings is 1. The Labute approximate surface area is 99.5 Å². The Kier molecular flexibility index (Phi) is 2.74. The number of carbonyl (C=O) groups is 1. The molecule has 0 spiro atoms. The van der Waals surface area contributed by atoms with E-state index in [4.69, 9.17) is 11.6 Å². The molecule has 0 atom stereocenters. The third kappa shape index (κ3) is 2.10. The Bertz CT molecular complexity index is 466. The Hall–Kier alpha value is -1.32. The molecule has 2 rings (SSSR count). The number of amides is 1. The van der Waals surface area contributed by atoms with Gasteiger partial charge in [-0.1, -0.05) is 23.7 Å². The van der Waals surface area contributed by atoms with Crippen LogP contribution in [-0.4, -0.2) is 11.4 Å². The molecule has 1 aromatic carbocycles. The van der Waals surface area contributed by atoms with E-state index in [0.717, 1.165) is 5.56 Å². The lowest BCUT2D eigenvalue weighted by atomic mass is 9.94. The Morgan fingerprint density at radius 1 is 1.38 bits per heavy atom. The molecular formula is C12H13ClN2O. The molecule has 0 aromatic heterocycles. The maximum Gasteiger partial charge on any atom is 0.263 e. The van der Waals surface area contributed by atoms with E-state index in [1.54, 1.807) is 0 Å². The van der Waals surface area contributed by atoms with Gasteiger partial charge in [-0.2, -0.15) is 0 Å². The van der Waals surface area contributed by atoms with Crippen LogP contribution in [0.4, 0.5) is 0 Å². The van der Waals surface area contributed by atoms with Crippen LogP contribution in [-0.2, 0) is 4.79 Å². The van der Waals surface area contributed by atoms with Crippen LogP contribution >= 0.6 is 11.6 Å². The summed E-state index contributed by atoms with van der Waals surface area (Å²) in [6.45, 7) is 3.89. The van der Waals surface area contributed by atoms with E-state index >= 15 is 0 Å². The van der Waals surface area contributed by atoms with Crippen LogP contribution in [0.15, 0.2) is 29.8 Å². The van der Waals surface area contributed by atoms with Gasteiger partial charge < -0.3 is 0 Å². The van der Waals surface area contributed by atoms with Gasteiger partial charge in [-0.25, -0.2) is 5.43 Å². The van der Waals surface area contributed by atoms with Gasteiger partial charge >= 0.3 is 0 Å². The SMILES string of the molecule is CC1(C)NNC(=O)/C1=C\c1cccc(Cl)c1. The van der Waals surface area contributed by atoms with Crippen LogP contribution in [0, 0.1) is 0 Å². The van der Waals surface area contributed by atoms with Crippen molar-refractivity contribution >= 4 is 23.6 Å². The van der Waals surface area contributed by atoms with E-state index in [0.29, 0.717) is 10.6 Å². The molecule has 1 aliphatic heterocycles. The Morgan fingerprint density at radius 2 is 2.12 bits per heavy atom. The van der Waals surface area contributed by atoms with Crippen molar-refractivity contribution < 1.29 is 4.79 Å². The number of nitrogens with one attached hydrogen (secondary N) is 2. The Balaban J connectivity index is 2.40. The largest absolute Gasteiger partial charge is 0.287 e. The second-order valence-corrected chi connectivity index (χ2v) is 4.75. The first kappa shape index (κ1) is 11.2. The maximum absolute atomic E-state index is 11.6. The zero-order valence-electron chi connectivity index (χ0n) is 9.17. The molecule has 4 heteroatoms. The van der Waals surface area contributed by atoms with Gasteiger partial charge in [0.25, 0.3) is 5.91 Å². The van der Waals surface area contributed by atoms with Gasteiger partial charge in [-0.15, -0.1) is 0 Å². The molecule has 1 heterocycles. The first-order valence-corrected chi connectivity index (χ1v) is 5.42. The molecule has 0 saturated carbocycles. The monoisotopic (exact) mass is 236 g/mol. The molecule has 1 saturated heterocycles. The molecule has 2 N–H and O–H groups in total. The molecule has 3 nitrogen and oxygen atoms in total. The summed E-state index contributed by atoms with van der Waals surface area (Å²) in [6.07, 6.45) is 1.85. The third-order valence-corrected chi connectivity index (χ3v) is 2.80. The van der Waals surface area contributed by atoms with Crippen molar-refractivity contribution in [1.29, 1.82) is 0 Å². The van der Waals surface area contributed by atoms with Crippen LogP contribution < -0.4 is 10.9 Å². The number of rotatable bonds is 1. The average Bonchev–Trinajstić information content (AvgIpc) is 2.45. The molecule has 0 radical (unpaired) electrons. The summed E-state index contributed by atoms with van der Waals surface area (Å²) in [5, 5.41) is 0.665. The van der Waals surface area contributed by atoms with Crippen LogP contribution in [0.25, 0.3) is 6.08 Å². The minimum absolute atomic E-state index is 0.0926. The average molecular weight is 237 g/mol. The second-order valence-electron chi connectivity index (χ2n) is 4.32. The van der Waals surface area contributed by atoms with Gasteiger partial charge in [0, 0.05) is 10.6 Å². The van der Waals surface area contributed by atoms with Crippen molar-refractivity contribution in [3.05, 3.63) is 40.4 Å². The summed E-state index contributed by atoms with van der Waals surface area (Å²) in [6, 6.07) is 7.42. The zero-order valence-corrected chi connectivity index (χ0v) is 9.93. The topological polar surface area (TPSA) is 41.1 Å². The smallest absolute Gasteiger partial charge is 0.263 e. The summed E-state index contributed by atoms with van der Waals surface area (Å²) in [5.41, 5.74) is 6.80. The predicted octanol–water partition coefficient (Wildman–Crippen LogP) is 2.14. The number of carbonyl (C=O) groups excluding carboxylic acids is 1. The first-order valence-electron chi connectivity index (χ1n) is 5.04. The van der Waals surface area contributed by atoms with Crippen molar-refractivity contribution in [3.63, 3.8) is 0 Å². The van der Waals surface area contributed by atoms with Crippen molar-refractivity contribution in [2.45, 2.75) is 19.4 Å². The summed E-state index contributed by atoms with van der Waals surface area (Å²) >= 11 is 5.89. The van der Waals surface area contributed by atoms with Crippen molar-refractivity contribution in [3.8, 4) is 0 Å². The summed E-state index contributed by atoms with van der Waals surface area (Å²) < 4.78 is 0. The van der Waals surface area contributed by atoms with E-state index in [2.05, 4.69) is 10.9 Å². The van der Waals surface area contributed by atoms with Gasteiger partial charge in [0.05, 0.1) is 5.54 Å². The summed E-state index contributed by atoms with van der Waals surface area (Å²) in [4.78, 5) is 11.6. The van der Waals surface area contributed by atoms with Gasteiger partial charge in [-0.05, 0) is 37.6 Å². The quantitative estimate of drug-likeness (QED) is 0.734.